The van der Waals surface area contributed by atoms with Crippen molar-refractivity contribution in [2.75, 3.05) is 0 Å². The van der Waals surface area contributed by atoms with E-state index in [2.05, 4.69) is 0 Å². The van der Waals surface area contributed by atoms with Crippen molar-refractivity contribution in [1.29, 1.82) is 0 Å². The van der Waals surface area contributed by atoms with E-state index in [1.54, 1.807) is 6.07 Å². The Balaban J connectivity index is 0.00000112. The van der Waals surface area contributed by atoms with Crippen molar-refractivity contribution < 1.29 is 15.0 Å². The number of carboxylic acids is 1. The lowest BCUT2D eigenvalue weighted by molar-refractivity contribution is 0.0694. The number of carbonyl (C=O) groups is 1. The topological polar surface area (TPSA) is 57.5 Å². The third-order valence-electron chi connectivity index (χ3n) is 2.09. The highest BCUT2D eigenvalue weighted by Gasteiger charge is 2.09. The van der Waals surface area contributed by atoms with Gasteiger partial charge in [0.1, 0.15) is 11.3 Å². The minimum atomic E-state index is -1.12. The van der Waals surface area contributed by atoms with Gasteiger partial charge >= 0.3 is 29.0 Å². The van der Waals surface area contributed by atoms with E-state index in [0.29, 0.717) is 0 Å². The number of aromatic hydroxyl groups is 1. The molecule has 2 aromatic carbocycles. The van der Waals surface area contributed by atoms with Crippen molar-refractivity contribution >= 4 is 39.8 Å². The highest BCUT2D eigenvalue weighted by Crippen LogP contribution is 2.24. The van der Waals surface area contributed by atoms with Crippen LogP contribution in [0.15, 0.2) is 36.4 Å². The highest BCUT2D eigenvalue weighted by atomic mass is 24.3. The maximum atomic E-state index is 10.7. The summed E-state index contributed by atoms with van der Waals surface area (Å²) >= 11 is 0. The first-order valence-electron chi connectivity index (χ1n) is 4.13. The van der Waals surface area contributed by atoms with Crippen molar-refractivity contribution in [1.82, 2.24) is 0 Å². The maximum absolute atomic E-state index is 10.7. The fourth-order valence-corrected chi connectivity index (χ4v) is 1.40. The van der Waals surface area contributed by atoms with Gasteiger partial charge < -0.3 is 10.2 Å². The molecule has 0 aliphatic carbocycles. The minimum absolute atomic E-state index is 0. The number of fused-ring (bicyclic) bond motifs is 1. The van der Waals surface area contributed by atoms with Crippen LogP contribution in [0.2, 0.25) is 0 Å². The third-order valence-corrected chi connectivity index (χ3v) is 2.09. The Hall–Kier alpha value is -1.26. The molecule has 0 radical (unpaired) electrons. The van der Waals surface area contributed by atoms with Crippen molar-refractivity contribution in [2.45, 2.75) is 0 Å². The van der Waals surface area contributed by atoms with Gasteiger partial charge in [0, 0.05) is 0 Å². The number of hydrogen-bond donors (Lipinski definition) is 2. The molecule has 0 aliphatic heterocycles. The SMILES string of the molecule is O=C(O)c1cc2ccccc2cc1O.[MgH2]. The van der Waals surface area contributed by atoms with Crippen molar-refractivity contribution in [3.63, 3.8) is 0 Å². The van der Waals surface area contributed by atoms with Crippen LogP contribution < -0.4 is 0 Å². The van der Waals surface area contributed by atoms with E-state index in [1.165, 1.54) is 12.1 Å². The van der Waals surface area contributed by atoms with Gasteiger partial charge in [-0.25, -0.2) is 4.79 Å². The molecule has 0 aromatic heterocycles. The summed E-state index contributed by atoms with van der Waals surface area (Å²) < 4.78 is 0. The van der Waals surface area contributed by atoms with Crippen molar-refractivity contribution in [3.05, 3.63) is 42.0 Å². The molecule has 0 heterocycles. The molecule has 0 bridgehead atoms. The van der Waals surface area contributed by atoms with Gasteiger partial charge in [0.25, 0.3) is 0 Å². The second-order valence-electron chi connectivity index (χ2n) is 3.02. The molecule has 15 heavy (non-hydrogen) atoms. The zero-order valence-corrected chi connectivity index (χ0v) is 7.27. The Bertz CT molecular complexity index is 508. The first-order valence-corrected chi connectivity index (χ1v) is 4.13. The fourth-order valence-electron chi connectivity index (χ4n) is 1.40. The second-order valence-corrected chi connectivity index (χ2v) is 3.02. The summed E-state index contributed by atoms with van der Waals surface area (Å²) in [7, 11) is 0. The van der Waals surface area contributed by atoms with Crippen LogP contribution in [-0.2, 0) is 0 Å². The molecule has 0 saturated carbocycles. The molecule has 4 heteroatoms. The fraction of sp³-hybridized carbons (Fsp3) is 0. The van der Waals surface area contributed by atoms with E-state index in [-0.39, 0.29) is 34.4 Å². The molecule has 0 aliphatic rings. The van der Waals surface area contributed by atoms with Crippen LogP contribution >= 0.6 is 0 Å². The van der Waals surface area contributed by atoms with E-state index < -0.39 is 5.97 Å². The van der Waals surface area contributed by atoms with Gasteiger partial charge in [-0.15, -0.1) is 0 Å². The van der Waals surface area contributed by atoms with Gasteiger partial charge in [0.15, 0.2) is 0 Å². The summed E-state index contributed by atoms with van der Waals surface area (Å²) in [5.74, 6) is -1.32. The predicted molar refractivity (Wildman–Crippen MR) is 61.1 cm³/mol. The van der Waals surface area contributed by atoms with Crippen molar-refractivity contribution in [2.24, 2.45) is 0 Å². The monoisotopic (exact) mass is 214 g/mol. The average Bonchev–Trinajstić information content (AvgIpc) is 2.16. The molecule has 0 saturated heterocycles. The summed E-state index contributed by atoms with van der Waals surface area (Å²) in [6.45, 7) is 0. The van der Waals surface area contributed by atoms with E-state index in [9.17, 15) is 9.90 Å². The Labute approximate surface area is 102 Å². The van der Waals surface area contributed by atoms with Gasteiger partial charge in [-0.2, -0.15) is 0 Å². The lowest BCUT2D eigenvalue weighted by Gasteiger charge is -2.02. The molecule has 0 spiro atoms. The van der Waals surface area contributed by atoms with Gasteiger partial charge in [-0.05, 0) is 22.9 Å². The molecular formula is C11H10MgO3. The summed E-state index contributed by atoms with van der Waals surface area (Å²) in [6, 6.07) is 10.2. The van der Waals surface area contributed by atoms with Crippen LogP contribution in [0.1, 0.15) is 10.4 Å². The Kier molecular flexibility index (Phi) is 3.55. The minimum Gasteiger partial charge on any atom is -0.507 e. The van der Waals surface area contributed by atoms with E-state index in [0.717, 1.165) is 10.8 Å². The van der Waals surface area contributed by atoms with Crippen LogP contribution in [0.3, 0.4) is 0 Å². The Morgan fingerprint density at radius 1 is 1.07 bits per heavy atom. The molecule has 0 amide bonds. The Morgan fingerprint density at radius 3 is 2.13 bits per heavy atom. The lowest BCUT2D eigenvalue weighted by Crippen LogP contribution is -1.96. The molecule has 2 aromatic rings. The number of hydrogen-bond acceptors (Lipinski definition) is 2. The molecule has 0 fully saturated rings. The van der Waals surface area contributed by atoms with Crippen LogP contribution in [-0.4, -0.2) is 39.2 Å². The van der Waals surface area contributed by atoms with Gasteiger partial charge in [0.05, 0.1) is 0 Å². The molecule has 2 N–H and O–H groups in total. The number of aromatic carboxylic acids is 1. The van der Waals surface area contributed by atoms with Crippen LogP contribution in [0.5, 0.6) is 5.75 Å². The number of rotatable bonds is 1. The third kappa shape index (κ3) is 2.22. The summed E-state index contributed by atoms with van der Waals surface area (Å²) in [5, 5.41) is 19.8. The van der Waals surface area contributed by atoms with E-state index in [4.69, 9.17) is 5.11 Å². The lowest BCUT2D eigenvalue weighted by atomic mass is 10.1. The summed E-state index contributed by atoms with van der Waals surface area (Å²) in [4.78, 5) is 10.7. The predicted octanol–water partition coefficient (Wildman–Crippen LogP) is 1.33. The summed E-state index contributed by atoms with van der Waals surface area (Å²) in [6.07, 6.45) is 0. The van der Waals surface area contributed by atoms with Crippen LogP contribution in [0.4, 0.5) is 0 Å². The zero-order chi connectivity index (χ0) is 10.1. The van der Waals surface area contributed by atoms with E-state index >= 15 is 0 Å². The van der Waals surface area contributed by atoms with Gasteiger partial charge in [-0.3, -0.25) is 0 Å². The number of benzene rings is 2. The molecule has 2 rings (SSSR count). The summed E-state index contributed by atoms with van der Waals surface area (Å²) in [5.41, 5.74) is -0.0660. The Morgan fingerprint density at radius 2 is 1.60 bits per heavy atom. The maximum Gasteiger partial charge on any atom is 0.339 e. The smallest absolute Gasteiger partial charge is 0.339 e. The molecule has 74 valence electrons. The van der Waals surface area contributed by atoms with Gasteiger partial charge in [0.2, 0.25) is 0 Å². The quantitative estimate of drug-likeness (QED) is 0.704. The number of carboxylic acid groups (broad SMARTS) is 1. The second kappa shape index (κ2) is 4.50. The molecular weight excluding hydrogens is 204 g/mol. The molecule has 0 atom stereocenters. The normalized spacial score (nSPS) is 9.60. The van der Waals surface area contributed by atoms with Gasteiger partial charge in [-0.1, -0.05) is 24.3 Å². The first-order chi connectivity index (χ1) is 6.68. The van der Waals surface area contributed by atoms with Crippen LogP contribution in [0.25, 0.3) is 10.8 Å². The molecule has 3 nitrogen and oxygen atoms in total. The van der Waals surface area contributed by atoms with E-state index in [1.807, 2.05) is 18.2 Å². The number of phenols is 1. The average molecular weight is 215 g/mol. The molecule has 0 unspecified atom stereocenters. The largest absolute Gasteiger partial charge is 0.507 e. The van der Waals surface area contributed by atoms with Crippen molar-refractivity contribution in [3.8, 4) is 5.75 Å². The first kappa shape index (κ1) is 11.8. The van der Waals surface area contributed by atoms with Crippen LogP contribution in [0, 0.1) is 0 Å². The highest BCUT2D eigenvalue weighted by molar-refractivity contribution is 5.97. The standard InChI is InChI=1S/C11H8O3.Mg.2H/c12-10-6-8-4-2-1-3-7(8)5-9(10)11(13)14;;;/h1-6,12H,(H,13,14);;;. The zero-order valence-electron chi connectivity index (χ0n) is 7.27.